The van der Waals surface area contributed by atoms with Crippen LogP contribution in [0.3, 0.4) is 0 Å². The molecule has 1 aliphatic carbocycles. The largest absolute Gasteiger partial charge is 0.479 e. The summed E-state index contributed by atoms with van der Waals surface area (Å²) in [6, 6.07) is 0.00386. The molecule has 1 atom stereocenters. The molecule has 0 bridgehead atoms. The minimum Gasteiger partial charge on any atom is -0.479 e. The highest BCUT2D eigenvalue weighted by Crippen LogP contribution is 2.27. The number of rotatable bonds is 7. The molecule has 1 fully saturated rings. The van der Waals surface area contributed by atoms with E-state index in [-0.39, 0.29) is 18.6 Å². The zero-order valence-corrected chi connectivity index (χ0v) is 10.9. The second kappa shape index (κ2) is 6.58. The van der Waals surface area contributed by atoms with Crippen LogP contribution in [0.4, 0.5) is 4.79 Å². The van der Waals surface area contributed by atoms with Gasteiger partial charge in [0.1, 0.15) is 0 Å². The lowest BCUT2D eigenvalue weighted by atomic mass is 10.1. The molecular formula is C12H22N2O4. The Morgan fingerprint density at radius 1 is 1.39 bits per heavy atom. The lowest BCUT2D eigenvalue weighted by Gasteiger charge is -2.24. The molecule has 0 unspecified atom stereocenters. The molecule has 0 heterocycles. The Bertz CT molecular complexity index is 302. The van der Waals surface area contributed by atoms with Crippen LogP contribution in [-0.4, -0.2) is 52.3 Å². The van der Waals surface area contributed by atoms with Gasteiger partial charge in [-0.25, -0.2) is 9.59 Å². The fraction of sp³-hybridized carbons (Fsp3) is 0.833. The van der Waals surface area contributed by atoms with E-state index in [0.717, 1.165) is 19.3 Å². The van der Waals surface area contributed by atoms with E-state index in [2.05, 4.69) is 19.2 Å². The molecular weight excluding hydrogens is 236 g/mol. The van der Waals surface area contributed by atoms with E-state index in [1.54, 1.807) is 4.90 Å². The van der Waals surface area contributed by atoms with Crippen molar-refractivity contribution in [1.29, 1.82) is 0 Å². The number of carbonyl (C=O) groups is 2. The van der Waals surface area contributed by atoms with E-state index in [9.17, 15) is 9.59 Å². The summed E-state index contributed by atoms with van der Waals surface area (Å²) >= 11 is 0. The summed E-state index contributed by atoms with van der Waals surface area (Å²) in [5.74, 6) is -0.806. The number of urea groups is 1. The van der Waals surface area contributed by atoms with Gasteiger partial charge in [-0.2, -0.15) is 0 Å². The number of carboxylic acid groups (broad SMARTS) is 1. The van der Waals surface area contributed by atoms with Crippen molar-refractivity contribution in [2.75, 3.05) is 13.1 Å². The Morgan fingerprint density at radius 3 is 2.44 bits per heavy atom. The summed E-state index contributed by atoms with van der Waals surface area (Å²) in [7, 11) is 0. The van der Waals surface area contributed by atoms with E-state index in [1.807, 2.05) is 0 Å². The van der Waals surface area contributed by atoms with Gasteiger partial charge < -0.3 is 20.4 Å². The van der Waals surface area contributed by atoms with Gasteiger partial charge in [-0.15, -0.1) is 0 Å². The number of carboxylic acids is 1. The Hall–Kier alpha value is -1.30. The second-order valence-corrected chi connectivity index (χ2v) is 5.15. The fourth-order valence-corrected chi connectivity index (χ4v) is 1.61. The lowest BCUT2D eigenvalue weighted by molar-refractivity contribution is -0.146. The minimum atomic E-state index is -1.54. The number of hydrogen-bond donors (Lipinski definition) is 3. The van der Waals surface area contributed by atoms with Crippen LogP contribution in [0.15, 0.2) is 0 Å². The first-order chi connectivity index (χ1) is 8.41. The van der Waals surface area contributed by atoms with Crippen molar-refractivity contribution in [3.8, 4) is 0 Å². The normalized spacial score (nSPS) is 16.4. The molecule has 1 aliphatic rings. The van der Waals surface area contributed by atoms with E-state index < -0.39 is 12.1 Å². The maximum atomic E-state index is 11.9. The SMILES string of the molecule is CC(C)CCN(C(=O)NC[C@H](O)C(=O)O)C1CC1. The summed E-state index contributed by atoms with van der Waals surface area (Å²) in [5, 5.41) is 20.1. The predicted molar refractivity (Wildman–Crippen MR) is 66.2 cm³/mol. The standard InChI is InChI=1S/C12H22N2O4/c1-8(2)5-6-14(9-3-4-9)12(18)13-7-10(15)11(16)17/h8-10,15H,3-7H2,1-2H3,(H,13,18)(H,16,17)/t10-/m0/s1. The molecule has 0 aromatic rings. The number of aliphatic hydroxyl groups excluding tert-OH is 1. The molecule has 0 aromatic heterocycles. The van der Waals surface area contributed by atoms with E-state index in [4.69, 9.17) is 10.2 Å². The van der Waals surface area contributed by atoms with Crippen LogP contribution in [0, 0.1) is 5.92 Å². The van der Waals surface area contributed by atoms with Crippen LogP contribution in [0.5, 0.6) is 0 Å². The minimum absolute atomic E-state index is 0.251. The zero-order chi connectivity index (χ0) is 13.7. The summed E-state index contributed by atoms with van der Waals surface area (Å²) in [6.07, 6.45) is 1.39. The molecule has 3 N–H and O–H groups in total. The van der Waals surface area contributed by atoms with Crippen molar-refractivity contribution in [1.82, 2.24) is 10.2 Å². The predicted octanol–water partition coefficient (Wildman–Crippen LogP) is 0.652. The van der Waals surface area contributed by atoms with Crippen molar-refractivity contribution in [2.24, 2.45) is 5.92 Å². The van der Waals surface area contributed by atoms with Crippen LogP contribution >= 0.6 is 0 Å². The molecule has 1 rings (SSSR count). The summed E-state index contributed by atoms with van der Waals surface area (Å²) < 4.78 is 0. The maximum absolute atomic E-state index is 11.9. The third-order valence-corrected chi connectivity index (χ3v) is 2.93. The quantitative estimate of drug-likeness (QED) is 0.625. The number of nitrogens with one attached hydrogen (secondary N) is 1. The van der Waals surface area contributed by atoms with Crippen LogP contribution in [0.25, 0.3) is 0 Å². The molecule has 0 saturated heterocycles. The molecule has 104 valence electrons. The topological polar surface area (TPSA) is 89.9 Å². The number of carbonyl (C=O) groups excluding carboxylic acids is 1. The van der Waals surface area contributed by atoms with Gasteiger partial charge in [0.25, 0.3) is 0 Å². The van der Waals surface area contributed by atoms with Crippen LogP contribution < -0.4 is 5.32 Å². The van der Waals surface area contributed by atoms with Crippen LogP contribution in [0.1, 0.15) is 33.1 Å². The first-order valence-electron chi connectivity index (χ1n) is 6.37. The molecule has 1 saturated carbocycles. The van der Waals surface area contributed by atoms with Crippen LogP contribution in [-0.2, 0) is 4.79 Å². The average Bonchev–Trinajstić information content (AvgIpc) is 3.09. The molecule has 0 spiro atoms. The Morgan fingerprint density at radius 2 is 2.00 bits per heavy atom. The van der Waals surface area contributed by atoms with E-state index >= 15 is 0 Å². The highest BCUT2D eigenvalue weighted by Gasteiger charge is 2.32. The lowest BCUT2D eigenvalue weighted by Crippen LogP contribution is -2.46. The maximum Gasteiger partial charge on any atom is 0.334 e. The van der Waals surface area contributed by atoms with Crippen LogP contribution in [0.2, 0.25) is 0 Å². The molecule has 0 aromatic carbocycles. The summed E-state index contributed by atoms with van der Waals surface area (Å²) in [6.45, 7) is 4.62. The Kier molecular flexibility index (Phi) is 5.40. The molecule has 6 nitrogen and oxygen atoms in total. The zero-order valence-electron chi connectivity index (χ0n) is 10.9. The van der Waals surface area contributed by atoms with Crippen molar-refractivity contribution in [3.63, 3.8) is 0 Å². The second-order valence-electron chi connectivity index (χ2n) is 5.15. The van der Waals surface area contributed by atoms with Gasteiger partial charge in [0, 0.05) is 12.6 Å². The van der Waals surface area contributed by atoms with Gasteiger partial charge in [-0.1, -0.05) is 13.8 Å². The highest BCUT2D eigenvalue weighted by molar-refractivity contribution is 5.77. The number of aliphatic carboxylic acids is 1. The third kappa shape index (κ3) is 4.91. The van der Waals surface area contributed by atoms with Crippen molar-refractivity contribution in [3.05, 3.63) is 0 Å². The fourth-order valence-electron chi connectivity index (χ4n) is 1.61. The number of amides is 2. The average molecular weight is 258 g/mol. The first kappa shape index (κ1) is 14.8. The molecule has 2 amide bonds. The highest BCUT2D eigenvalue weighted by atomic mass is 16.4. The van der Waals surface area contributed by atoms with Gasteiger partial charge in [0.2, 0.25) is 0 Å². The van der Waals surface area contributed by atoms with E-state index in [0.29, 0.717) is 12.5 Å². The molecule has 18 heavy (non-hydrogen) atoms. The van der Waals surface area contributed by atoms with Crippen molar-refractivity contribution < 1.29 is 19.8 Å². The smallest absolute Gasteiger partial charge is 0.334 e. The number of aliphatic hydroxyl groups is 1. The third-order valence-electron chi connectivity index (χ3n) is 2.93. The Balaban J connectivity index is 2.37. The van der Waals surface area contributed by atoms with E-state index in [1.165, 1.54) is 0 Å². The number of nitrogens with zero attached hydrogens (tertiary/aromatic N) is 1. The monoisotopic (exact) mass is 258 g/mol. The number of hydrogen-bond acceptors (Lipinski definition) is 3. The van der Waals surface area contributed by atoms with Gasteiger partial charge in [0.15, 0.2) is 6.10 Å². The molecule has 0 radical (unpaired) electrons. The first-order valence-corrected chi connectivity index (χ1v) is 6.37. The van der Waals surface area contributed by atoms with Gasteiger partial charge in [-0.05, 0) is 25.2 Å². The van der Waals surface area contributed by atoms with Gasteiger partial charge in [-0.3, -0.25) is 0 Å². The molecule has 0 aliphatic heterocycles. The summed E-state index contributed by atoms with van der Waals surface area (Å²) in [4.78, 5) is 24.0. The van der Waals surface area contributed by atoms with Crippen molar-refractivity contribution in [2.45, 2.75) is 45.3 Å². The summed E-state index contributed by atoms with van der Waals surface area (Å²) in [5.41, 5.74) is 0. The van der Waals surface area contributed by atoms with Crippen molar-refractivity contribution >= 4 is 12.0 Å². The van der Waals surface area contributed by atoms with Gasteiger partial charge >= 0.3 is 12.0 Å². The molecule has 6 heteroatoms. The van der Waals surface area contributed by atoms with Gasteiger partial charge in [0.05, 0.1) is 6.54 Å². The Labute approximate surface area is 107 Å².